The van der Waals surface area contributed by atoms with Gasteiger partial charge in [0.2, 0.25) is 0 Å². The van der Waals surface area contributed by atoms with Crippen molar-refractivity contribution in [1.82, 2.24) is 14.8 Å². The van der Waals surface area contributed by atoms with Crippen molar-refractivity contribution in [2.24, 2.45) is 0 Å². The lowest BCUT2D eigenvalue weighted by atomic mass is 10.1. The van der Waals surface area contributed by atoms with E-state index in [0.29, 0.717) is 29.4 Å². The second-order valence-electron chi connectivity index (χ2n) is 5.88. The van der Waals surface area contributed by atoms with E-state index >= 15 is 0 Å². The summed E-state index contributed by atoms with van der Waals surface area (Å²) < 4.78 is 68.7. The Morgan fingerprint density at radius 1 is 1.27 bits per heavy atom. The zero-order valence-corrected chi connectivity index (χ0v) is 16.9. The van der Waals surface area contributed by atoms with Crippen LogP contribution in [-0.2, 0) is 29.0 Å². The molecule has 2 rings (SSSR count). The fourth-order valence-electron chi connectivity index (χ4n) is 2.66. The van der Waals surface area contributed by atoms with Crippen LogP contribution in [0.4, 0.5) is 22.0 Å². The molecule has 0 N–H and O–H groups in total. The predicted molar refractivity (Wildman–Crippen MR) is 96.2 cm³/mol. The molecule has 0 aliphatic heterocycles. The Balaban J connectivity index is 0.00000141. The fraction of sp³-hybridized carbons (Fsp3) is 0.500. The molecule has 0 atom stereocenters. The normalized spacial score (nSPS) is 11.1. The second kappa shape index (κ2) is 11.6. The van der Waals surface area contributed by atoms with Crippen LogP contribution in [-0.4, -0.2) is 33.7 Å². The van der Waals surface area contributed by atoms with E-state index in [2.05, 4.69) is 14.8 Å². The molecule has 0 spiro atoms. The van der Waals surface area contributed by atoms with Gasteiger partial charge in [-0.15, -0.1) is 0 Å². The minimum Gasteiger partial charge on any atom is -0.434 e. The van der Waals surface area contributed by atoms with Gasteiger partial charge in [-0.25, -0.2) is 0 Å². The quantitative estimate of drug-likeness (QED) is 0.519. The van der Waals surface area contributed by atoms with Crippen molar-refractivity contribution in [2.75, 3.05) is 0 Å². The zero-order valence-electron chi connectivity index (χ0n) is 16.1. The molecule has 2 heterocycles. The molecule has 0 unspecified atom stereocenters. The van der Waals surface area contributed by atoms with E-state index in [0.717, 1.165) is 0 Å². The molecule has 2 aromatic rings. The molecule has 0 saturated heterocycles. The van der Waals surface area contributed by atoms with Crippen LogP contribution in [0, 0.1) is 0 Å². The van der Waals surface area contributed by atoms with Crippen molar-refractivity contribution < 1.29 is 36.3 Å². The topological polar surface area (TPSA) is 74.1 Å². The van der Waals surface area contributed by atoms with Crippen LogP contribution in [0.5, 0.6) is 5.75 Å². The summed E-state index contributed by atoms with van der Waals surface area (Å²) in [7, 11) is 0. The Labute approximate surface area is 174 Å². The van der Waals surface area contributed by atoms with Crippen molar-refractivity contribution in [3.63, 3.8) is 0 Å². The number of alkyl halides is 5. The van der Waals surface area contributed by atoms with E-state index in [4.69, 9.17) is 21.2 Å². The lowest BCUT2D eigenvalue weighted by molar-refractivity contribution is -0.191. The van der Waals surface area contributed by atoms with E-state index in [1.54, 1.807) is 4.68 Å². The van der Waals surface area contributed by atoms with Crippen LogP contribution in [0.3, 0.4) is 0 Å². The molecule has 166 valence electrons. The SMILES string of the molecule is CCc1nn(CC)c(-c2cnc(CCCC(F)(F)F)cc2OC(F)F)c1Cl.O=C=O. The number of halogens is 6. The lowest BCUT2D eigenvalue weighted by Gasteiger charge is -2.14. The van der Waals surface area contributed by atoms with Crippen molar-refractivity contribution in [2.45, 2.75) is 58.9 Å². The van der Waals surface area contributed by atoms with Crippen molar-refractivity contribution in [3.05, 3.63) is 28.7 Å². The van der Waals surface area contributed by atoms with Gasteiger partial charge in [-0.05, 0) is 26.2 Å². The first-order valence-electron chi connectivity index (χ1n) is 8.83. The van der Waals surface area contributed by atoms with E-state index in [-0.39, 0.29) is 36.0 Å². The maximum Gasteiger partial charge on any atom is 0.389 e. The number of hydrogen-bond acceptors (Lipinski definition) is 5. The number of ether oxygens (including phenoxy) is 1. The summed E-state index contributed by atoms with van der Waals surface area (Å²) in [6, 6.07) is 1.23. The highest BCUT2D eigenvalue weighted by Gasteiger charge is 2.26. The predicted octanol–water partition coefficient (Wildman–Crippen LogP) is 5.08. The third-order valence-corrected chi connectivity index (χ3v) is 4.28. The fourth-order valence-corrected chi connectivity index (χ4v) is 3.03. The van der Waals surface area contributed by atoms with Gasteiger partial charge >= 0.3 is 18.9 Å². The summed E-state index contributed by atoms with van der Waals surface area (Å²) in [4.78, 5) is 20.4. The van der Waals surface area contributed by atoms with Gasteiger partial charge in [0, 0.05) is 30.9 Å². The minimum atomic E-state index is -4.28. The highest BCUT2D eigenvalue weighted by molar-refractivity contribution is 6.33. The molecule has 0 radical (unpaired) electrons. The van der Waals surface area contributed by atoms with Gasteiger partial charge < -0.3 is 4.74 Å². The smallest absolute Gasteiger partial charge is 0.389 e. The number of hydrogen-bond donors (Lipinski definition) is 0. The van der Waals surface area contributed by atoms with E-state index in [1.165, 1.54) is 12.3 Å². The van der Waals surface area contributed by atoms with Crippen LogP contribution in [0.1, 0.15) is 38.1 Å². The molecule has 12 heteroatoms. The number of pyridine rings is 1. The molecule has 2 aromatic heterocycles. The van der Waals surface area contributed by atoms with Crippen LogP contribution >= 0.6 is 11.6 Å². The molecule has 0 fully saturated rings. The molecule has 0 aromatic carbocycles. The molecule has 6 nitrogen and oxygen atoms in total. The zero-order chi connectivity index (χ0) is 22.9. The van der Waals surface area contributed by atoms with Gasteiger partial charge in [0.15, 0.2) is 0 Å². The standard InChI is InChI=1S/C17H19ClF5N3O.CO2/c1-3-12-14(18)15(26(4-2)25-12)11-9-24-10(6-5-7-17(21,22)23)8-13(11)27-16(19)20;2-1-3/h8-9,16H,3-7H2,1-2H3;. The number of rotatable bonds is 8. The highest BCUT2D eigenvalue weighted by Crippen LogP contribution is 2.38. The monoisotopic (exact) mass is 455 g/mol. The van der Waals surface area contributed by atoms with Crippen molar-refractivity contribution in [1.29, 1.82) is 0 Å². The summed E-state index contributed by atoms with van der Waals surface area (Å²) in [5.74, 6) is -0.193. The average molecular weight is 456 g/mol. The Hall–Kier alpha value is -2.52. The maximum absolute atomic E-state index is 12.9. The van der Waals surface area contributed by atoms with Crippen LogP contribution < -0.4 is 4.74 Å². The average Bonchev–Trinajstić information content (AvgIpc) is 2.97. The van der Waals surface area contributed by atoms with Crippen LogP contribution in [0.2, 0.25) is 5.02 Å². The number of nitrogens with zero attached hydrogens (tertiary/aromatic N) is 3. The summed E-state index contributed by atoms with van der Waals surface area (Å²) >= 11 is 6.35. The molecule has 0 aliphatic carbocycles. The first kappa shape index (κ1) is 25.5. The summed E-state index contributed by atoms with van der Waals surface area (Å²) in [6.45, 7) is 1.02. The van der Waals surface area contributed by atoms with Crippen molar-refractivity contribution >= 4 is 17.8 Å². The molecule has 0 bridgehead atoms. The number of aryl methyl sites for hydroxylation is 3. The Kier molecular flexibility index (Phi) is 9.88. The molecule has 0 amide bonds. The first-order chi connectivity index (χ1) is 14.1. The van der Waals surface area contributed by atoms with E-state index in [9.17, 15) is 22.0 Å². The Morgan fingerprint density at radius 2 is 1.90 bits per heavy atom. The minimum absolute atomic E-state index is 0.0135. The Bertz CT molecular complexity index is 865. The van der Waals surface area contributed by atoms with E-state index in [1.807, 2.05) is 13.8 Å². The third kappa shape index (κ3) is 7.38. The maximum atomic E-state index is 12.9. The molecular formula is C18H19ClF5N3O3. The van der Waals surface area contributed by atoms with Crippen molar-refractivity contribution in [3.8, 4) is 17.0 Å². The number of aromatic nitrogens is 3. The lowest BCUT2D eigenvalue weighted by Crippen LogP contribution is -2.09. The van der Waals surface area contributed by atoms with Gasteiger partial charge in [0.25, 0.3) is 0 Å². The number of carbonyl (C=O) groups excluding carboxylic acids is 2. The molecule has 30 heavy (non-hydrogen) atoms. The Morgan fingerprint density at radius 3 is 2.40 bits per heavy atom. The van der Waals surface area contributed by atoms with Crippen LogP contribution in [0.15, 0.2) is 12.3 Å². The third-order valence-electron chi connectivity index (χ3n) is 3.88. The van der Waals surface area contributed by atoms with Crippen LogP contribution in [0.25, 0.3) is 11.3 Å². The van der Waals surface area contributed by atoms with Gasteiger partial charge in [-0.3, -0.25) is 9.67 Å². The van der Waals surface area contributed by atoms with Gasteiger partial charge in [-0.1, -0.05) is 18.5 Å². The molecular weight excluding hydrogens is 437 g/mol. The van der Waals surface area contributed by atoms with Gasteiger partial charge in [0.1, 0.15) is 5.75 Å². The summed E-state index contributed by atoms with van der Waals surface area (Å²) in [5.41, 5.74) is 1.44. The molecule has 0 saturated carbocycles. The first-order valence-corrected chi connectivity index (χ1v) is 9.20. The summed E-state index contributed by atoms with van der Waals surface area (Å²) in [6.07, 6.45) is -3.38. The van der Waals surface area contributed by atoms with E-state index < -0.39 is 19.2 Å². The van der Waals surface area contributed by atoms with Gasteiger partial charge in [-0.2, -0.15) is 36.6 Å². The molecule has 0 aliphatic rings. The highest BCUT2D eigenvalue weighted by atomic mass is 35.5. The van der Waals surface area contributed by atoms with Gasteiger partial charge in [0.05, 0.1) is 22.0 Å². The second-order valence-corrected chi connectivity index (χ2v) is 6.26. The summed E-state index contributed by atoms with van der Waals surface area (Å²) in [5, 5.41) is 4.64. The largest absolute Gasteiger partial charge is 0.434 e.